The van der Waals surface area contributed by atoms with E-state index in [0.717, 1.165) is 37.5 Å². The fourth-order valence-corrected chi connectivity index (χ4v) is 6.30. The first kappa shape index (κ1) is 17.8. The summed E-state index contributed by atoms with van der Waals surface area (Å²) in [5.41, 5.74) is -0.542. The smallest absolute Gasteiger partial charge is 0.390 e. The molecule has 4 fully saturated rings. The Labute approximate surface area is 149 Å². The molecule has 1 atom stereocenters. The summed E-state index contributed by atoms with van der Waals surface area (Å²) in [5.74, 6) is 1.59. The standard InChI is InChI=1S/C17H24F3IO2/c1-9(2)17(23-15(22)14(21)8-16(18,19)20)12-4-10-3-11(6-12)7-13(17)5-10/h9-14H,3-8H2,1-2H3. The van der Waals surface area contributed by atoms with Crippen LogP contribution in [0, 0.1) is 29.6 Å². The van der Waals surface area contributed by atoms with Crippen LogP contribution in [0.4, 0.5) is 13.2 Å². The minimum Gasteiger partial charge on any atom is -0.457 e. The maximum atomic E-state index is 12.6. The minimum atomic E-state index is -4.33. The van der Waals surface area contributed by atoms with Crippen molar-refractivity contribution in [3.63, 3.8) is 0 Å². The highest BCUT2D eigenvalue weighted by molar-refractivity contribution is 14.1. The van der Waals surface area contributed by atoms with Crippen molar-refractivity contribution in [3.05, 3.63) is 0 Å². The normalized spacial score (nSPS) is 40.5. The molecule has 132 valence electrons. The van der Waals surface area contributed by atoms with Crippen molar-refractivity contribution in [3.8, 4) is 0 Å². The van der Waals surface area contributed by atoms with Crippen LogP contribution in [0.15, 0.2) is 0 Å². The predicted molar refractivity (Wildman–Crippen MR) is 89.2 cm³/mol. The van der Waals surface area contributed by atoms with E-state index >= 15 is 0 Å². The molecule has 0 aliphatic heterocycles. The molecule has 0 N–H and O–H groups in total. The molecule has 0 aromatic heterocycles. The summed E-state index contributed by atoms with van der Waals surface area (Å²) in [6.45, 7) is 4.11. The number of halogens is 4. The Hall–Kier alpha value is -0.0100. The Balaban J connectivity index is 1.78. The first-order chi connectivity index (χ1) is 10.6. The second-order valence-electron chi connectivity index (χ2n) is 8.02. The SMILES string of the molecule is CC(C)C1(OC(=O)C(I)CC(F)(F)F)C2CC3CC(C2)CC1C3. The highest BCUT2D eigenvalue weighted by Gasteiger charge is 2.61. The monoisotopic (exact) mass is 444 g/mol. The van der Waals surface area contributed by atoms with E-state index in [4.69, 9.17) is 4.74 Å². The van der Waals surface area contributed by atoms with Crippen molar-refractivity contribution >= 4 is 28.6 Å². The Kier molecular flexibility index (Phi) is 4.69. The van der Waals surface area contributed by atoms with E-state index in [0.29, 0.717) is 11.8 Å². The number of hydrogen-bond acceptors (Lipinski definition) is 2. The number of carbonyl (C=O) groups is 1. The molecule has 0 heterocycles. The van der Waals surface area contributed by atoms with E-state index in [1.54, 1.807) is 22.6 Å². The quantitative estimate of drug-likeness (QED) is 0.341. The fourth-order valence-electron chi connectivity index (χ4n) is 5.67. The van der Waals surface area contributed by atoms with E-state index in [1.807, 2.05) is 0 Å². The van der Waals surface area contributed by atoms with Gasteiger partial charge in [0.05, 0.1) is 6.42 Å². The molecule has 6 heteroatoms. The van der Waals surface area contributed by atoms with E-state index in [-0.39, 0.29) is 5.92 Å². The molecule has 1 unspecified atom stereocenters. The van der Waals surface area contributed by atoms with Crippen LogP contribution in [-0.2, 0) is 9.53 Å². The van der Waals surface area contributed by atoms with Gasteiger partial charge in [0.1, 0.15) is 9.53 Å². The average Bonchev–Trinajstić information content (AvgIpc) is 2.39. The lowest BCUT2D eigenvalue weighted by Crippen LogP contribution is -2.62. The molecule has 0 radical (unpaired) electrons. The molecular weight excluding hydrogens is 420 g/mol. The van der Waals surface area contributed by atoms with Gasteiger partial charge >= 0.3 is 12.1 Å². The van der Waals surface area contributed by atoms with Crippen LogP contribution in [0.25, 0.3) is 0 Å². The van der Waals surface area contributed by atoms with Crippen molar-refractivity contribution < 1.29 is 22.7 Å². The lowest BCUT2D eigenvalue weighted by Gasteiger charge is -2.62. The maximum Gasteiger partial charge on any atom is 0.390 e. The molecule has 23 heavy (non-hydrogen) atoms. The summed E-state index contributed by atoms with van der Waals surface area (Å²) >= 11 is 1.58. The van der Waals surface area contributed by atoms with Gasteiger partial charge in [-0.2, -0.15) is 13.2 Å². The summed E-state index contributed by atoms with van der Waals surface area (Å²) in [4.78, 5) is 12.4. The van der Waals surface area contributed by atoms with Gasteiger partial charge in [-0.25, -0.2) is 0 Å². The van der Waals surface area contributed by atoms with E-state index < -0.39 is 28.1 Å². The van der Waals surface area contributed by atoms with Crippen molar-refractivity contribution in [2.75, 3.05) is 0 Å². The summed E-state index contributed by atoms with van der Waals surface area (Å²) in [5, 5.41) is 0. The Morgan fingerprint density at radius 1 is 1.13 bits per heavy atom. The van der Waals surface area contributed by atoms with E-state index in [9.17, 15) is 18.0 Å². The molecule has 2 nitrogen and oxygen atoms in total. The number of alkyl halides is 4. The zero-order valence-electron chi connectivity index (χ0n) is 13.5. The van der Waals surface area contributed by atoms with Gasteiger partial charge in [0.2, 0.25) is 0 Å². The Morgan fingerprint density at radius 2 is 1.61 bits per heavy atom. The van der Waals surface area contributed by atoms with E-state index in [1.165, 1.54) is 6.42 Å². The van der Waals surface area contributed by atoms with Crippen molar-refractivity contribution in [2.45, 2.75) is 68.1 Å². The average molecular weight is 444 g/mol. The lowest BCUT2D eigenvalue weighted by atomic mass is 9.47. The number of hydrogen-bond donors (Lipinski definition) is 0. The van der Waals surface area contributed by atoms with Crippen LogP contribution in [0.2, 0.25) is 0 Å². The fraction of sp³-hybridized carbons (Fsp3) is 0.941. The third-order valence-corrected chi connectivity index (χ3v) is 7.21. The molecule has 4 rings (SSSR count). The third-order valence-electron chi connectivity index (χ3n) is 6.26. The van der Waals surface area contributed by atoms with Gasteiger partial charge in [-0.15, -0.1) is 0 Å². The van der Waals surface area contributed by atoms with Crippen LogP contribution >= 0.6 is 22.6 Å². The summed E-state index contributed by atoms with van der Waals surface area (Å²) in [6, 6.07) is 0. The van der Waals surface area contributed by atoms with Gasteiger partial charge in [0, 0.05) is 0 Å². The first-order valence-electron chi connectivity index (χ1n) is 8.55. The summed E-state index contributed by atoms with van der Waals surface area (Å²) < 4.78 is 42.5. The second kappa shape index (κ2) is 6.06. The summed E-state index contributed by atoms with van der Waals surface area (Å²) in [6.07, 6.45) is 0.139. The molecule has 4 aliphatic carbocycles. The molecule has 0 saturated heterocycles. The van der Waals surface area contributed by atoms with Gasteiger partial charge < -0.3 is 4.74 Å². The number of carbonyl (C=O) groups excluding carboxylic acids is 1. The van der Waals surface area contributed by atoms with Gasteiger partial charge in [0.15, 0.2) is 0 Å². The van der Waals surface area contributed by atoms with Gasteiger partial charge in [-0.05, 0) is 61.7 Å². The largest absolute Gasteiger partial charge is 0.457 e. The minimum absolute atomic E-state index is 0.149. The van der Waals surface area contributed by atoms with Crippen molar-refractivity contribution in [1.82, 2.24) is 0 Å². The Bertz CT molecular complexity index is 447. The molecule has 0 aromatic rings. The summed E-state index contributed by atoms with van der Waals surface area (Å²) in [7, 11) is 0. The molecule has 0 aromatic carbocycles. The van der Waals surface area contributed by atoms with Crippen molar-refractivity contribution in [2.24, 2.45) is 29.6 Å². The maximum absolute atomic E-state index is 12.6. The van der Waals surface area contributed by atoms with Gasteiger partial charge in [0.25, 0.3) is 0 Å². The zero-order chi connectivity index (χ0) is 17.0. The third kappa shape index (κ3) is 3.25. The van der Waals surface area contributed by atoms with Crippen LogP contribution in [-0.4, -0.2) is 21.7 Å². The second-order valence-corrected chi connectivity index (χ2v) is 9.52. The predicted octanol–water partition coefficient (Wildman–Crippen LogP) is 5.14. The van der Waals surface area contributed by atoms with Gasteiger partial charge in [-0.1, -0.05) is 36.4 Å². The molecule has 0 amide bonds. The number of ether oxygens (including phenoxy) is 1. The lowest BCUT2D eigenvalue weighted by molar-refractivity contribution is -0.226. The van der Waals surface area contributed by atoms with Crippen LogP contribution in [0.1, 0.15) is 52.4 Å². The first-order valence-corrected chi connectivity index (χ1v) is 9.80. The number of esters is 1. The van der Waals surface area contributed by atoms with Crippen LogP contribution < -0.4 is 0 Å². The van der Waals surface area contributed by atoms with E-state index in [2.05, 4.69) is 13.8 Å². The highest BCUT2D eigenvalue weighted by atomic mass is 127. The van der Waals surface area contributed by atoms with Crippen molar-refractivity contribution in [1.29, 1.82) is 0 Å². The topological polar surface area (TPSA) is 26.3 Å². The molecule has 0 spiro atoms. The zero-order valence-corrected chi connectivity index (χ0v) is 15.7. The highest BCUT2D eigenvalue weighted by Crippen LogP contribution is 2.61. The molecule has 4 aliphatic rings. The molecule has 4 bridgehead atoms. The Morgan fingerprint density at radius 3 is 2.00 bits per heavy atom. The molecular formula is C17H24F3IO2. The van der Waals surface area contributed by atoms with Gasteiger partial charge in [-0.3, -0.25) is 4.79 Å². The number of rotatable bonds is 4. The van der Waals surface area contributed by atoms with Crippen LogP contribution in [0.3, 0.4) is 0 Å². The molecule has 4 saturated carbocycles. The van der Waals surface area contributed by atoms with Crippen LogP contribution in [0.5, 0.6) is 0 Å².